The predicted molar refractivity (Wildman–Crippen MR) is 78.7 cm³/mol. The molecular formula is C16H12N4. The Labute approximate surface area is 116 Å². The van der Waals surface area contributed by atoms with Gasteiger partial charge in [-0.2, -0.15) is 5.26 Å². The van der Waals surface area contributed by atoms with Crippen molar-refractivity contribution >= 4 is 22.4 Å². The zero-order chi connectivity index (χ0) is 13.9. The number of hydrogen-bond donors (Lipinski definition) is 1. The summed E-state index contributed by atoms with van der Waals surface area (Å²) >= 11 is 0. The lowest BCUT2D eigenvalue weighted by Crippen LogP contribution is -1.98. The van der Waals surface area contributed by atoms with Gasteiger partial charge in [0.05, 0.1) is 11.1 Å². The average Bonchev–Trinajstić information content (AvgIpc) is 2.47. The quantitative estimate of drug-likeness (QED) is 0.765. The van der Waals surface area contributed by atoms with Crippen LogP contribution in [-0.4, -0.2) is 9.97 Å². The van der Waals surface area contributed by atoms with Crippen molar-refractivity contribution in [2.24, 2.45) is 0 Å². The molecule has 0 aliphatic carbocycles. The second-order valence-electron chi connectivity index (χ2n) is 4.50. The Bertz CT molecular complexity index is 818. The minimum atomic E-state index is 0.568. The molecule has 96 valence electrons. The molecule has 0 aliphatic rings. The number of rotatable bonds is 2. The fourth-order valence-corrected chi connectivity index (χ4v) is 2.08. The van der Waals surface area contributed by atoms with Crippen LogP contribution in [0, 0.1) is 18.3 Å². The van der Waals surface area contributed by atoms with Gasteiger partial charge in [0.1, 0.15) is 11.9 Å². The van der Waals surface area contributed by atoms with Crippen molar-refractivity contribution in [1.29, 1.82) is 5.26 Å². The summed E-state index contributed by atoms with van der Waals surface area (Å²) in [6.45, 7) is 1.90. The molecule has 3 rings (SSSR count). The van der Waals surface area contributed by atoms with Gasteiger partial charge in [-0.15, -0.1) is 0 Å². The summed E-state index contributed by atoms with van der Waals surface area (Å²) in [6, 6.07) is 13.8. The van der Waals surface area contributed by atoms with E-state index in [0.717, 1.165) is 22.2 Å². The van der Waals surface area contributed by atoms with Gasteiger partial charge in [0.2, 0.25) is 0 Å². The second kappa shape index (κ2) is 4.98. The Morgan fingerprint density at radius 2 is 2.00 bits per heavy atom. The van der Waals surface area contributed by atoms with Crippen molar-refractivity contribution in [3.05, 3.63) is 59.9 Å². The van der Waals surface area contributed by atoms with E-state index in [9.17, 15) is 5.26 Å². The molecule has 0 radical (unpaired) electrons. The highest BCUT2D eigenvalue weighted by Gasteiger charge is 2.07. The maximum atomic E-state index is 9.21. The number of aromatic nitrogens is 2. The largest absolute Gasteiger partial charge is 0.339 e. The van der Waals surface area contributed by atoms with Crippen LogP contribution in [0.2, 0.25) is 0 Å². The lowest BCUT2D eigenvalue weighted by atomic mass is 10.1. The first-order valence-electron chi connectivity index (χ1n) is 6.25. The molecule has 4 heteroatoms. The van der Waals surface area contributed by atoms with E-state index in [1.807, 2.05) is 43.3 Å². The third-order valence-electron chi connectivity index (χ3n) is 3.14. The normalized spacial score (nSPS) is 10.2. The molecule has 0 saturated heterocycles. The molecule has 3 aromatic rings. The molecule has 0 bridgehead atoms. The van der Waals surface area contributed by atoms with Gasteiger partial charge in [-0.3, -0.25) is 4.98 Å². The zero-order valence-corrected chi connectivity index (χ0v) is 11.0. The van der Waals surface area contributed by atoms with E-state index in [0.29, 0.717) is 11.4 Å². The SMILES string of the molecule is Cc1ccnc(Nc2ccc3ncccc3c2)c1C#N. The maximum Gasteiger partial charge on any atom is 0.148 e. The first-order chi connectivity index (χ1) is 9.78. The molecule has 1 aromatic carbocycles. The van der Waals surface area contributed by atoms with Crippen LogP contribution in [0.15, 0.2) is 48.8 Å². The molecule has 2 aromatic heterocycles. The highest BCUT2D eigenvalue weighted by molar-refractivity contribution is 5.83. The summed E-state index contributed by atoms with van der Waals surface area (Å²) in [6.07, 6.45) is 3.46. The van der Waals surface area contributed by atoms with Crippen molar-refractivity contribution in [2.75, 3.05) is 5.32 Å². The molecule has 4 nitrogen and oxygen atoms in total. The number of hydrogen-bond acceptors (Lipinski definition) is 4. The number of nitrogens with zero attached hydrogens (tertiary/aromatic N) is 3. The van der Waals surface area contributed by atoms with Crippen LogP contribution < -0.4 is 5.32 Å². The number of nitrogens with one attached hydrogen (secondary N) is 1. The molecule has 0 aliphatic heterocycles. The maximum absolute atomic E-state index is 9.21. The van der Waals surface area contributed by atoms with E-state index in [1.54, 1.807) is 12.4 Å². The lowest BCUT2D eigenvalue weighted by molar-refractivity contribution is 1.25. The van der Waals surface area contributed by atoms with Gasteiger partial charge in [-0.05, 0) is 42.8 Å². The molecule has 0 unspecified atom stereocenters. The highest BCUT2D eigenvalue weighted by atomic mass is 15.0. The zero-order valence-electron chi connectivity index (χ0n) is 11.0. The van der Waals surface area contributed by atoms with Gasteiger partial charge in [0.25, 0.3) is 0 Å². The molecule has 0 saturated carbocycles. The van der Waals surface area contributed by atoms with Crippen LogP contribution in [0.5, 0.6) is 0 Å². The summed E-state index contributed by atoms with van der Waals surface area (Å²) in [5.74, 6) is 0.579. The summed E-state index contributed by atoms with van der Waals surface area (Å²) in [7, 11) is 0. The number of benzene rings is 1. The molecular weight excluding hydrogens is 248 g/mol. The number of pyridine rings is 2. The number of fused-ring (bicyclic) bond motifs is 1. The Kier molecular flexibility index (Phi) is 3.02. The van der Waals surface area contributed by atoms with Crippen molar-refractivity contribution in [3.8, 4) is 6.07 Å². The van der Waals surface area contributed by atoms with Gasteiger partial charge in [0, 0.05) is 23.5 Å². The van der Waals surface area contributed by atoms with Crippen LogP contribution in [0.4, 0.5) is 11.5 Å². The van der Waals surface area contributed by atoms with E-state index in [4.69, 9.17) is 0 Å². The van der Waals surface area contributed by atoms with E-state index in [-0.39, 0.29) is 0 Å². The molecule has 0 atom stereocenters. The van der Waals surface area contributed by atoms with Crippen molar-refractivity contribution < 1.29 is 0 Å². The number of aryl methyl sites for hydroxylation is 1. The summed E-state index contributed by atoms with van der Waals surface area (Å²) in [5.41, 5.74) is 3.31. The van der Waals surface area contributed by atoms with Crippen LogP contribution in [0.3, 0.4) is 0 Å². The van der Waals surface area contributed by atoms with E-state index < -0.39 is 0 Å². The van der Waals surface area contributed by atoms with Crippen LogP contribution in [0.1, 0.15) is 11.1 Å². The van der Waals surface area contributed by atoms with Crippen LogP contribution >= 0.6 is 0 Å². The fraction of sp³-hybridized carbons (Fsp3) is 0.0625. The first-order valence-corrected chi connectivity index (χ1v) is 6.25. The van der Waals surface area contributed by atoms with Gasteiger partial charge in [-0.1, -0.05) is 6.07 Å². The highest BCUT2D eigenvalue weighted by Crippen LogP contribution is 2.23. The number of nitriles is 1. The summed E-state index contributed by atoms with van der Waals surface area (Å²) in [4.78, 5) is 8.52. The fourth-order valence-electron chi connectivity index (χ4n) is 2.08. The second-order valence-corrected chi connectivity index (χ2v) is 4.50. The Morgan fingerprint density at radius 3 is 2.85 bits per heavy atom. The summed E-state index contributed by atoms with van der Waals surface area (Å²) in [5, 5.41) is 13.4. The molecule has 2 heterocycles. The first kappa shape index (κ1) is 12.1. The van der Waals surface area contributed by atoms with Crippen molar-refractivity contribution in [1.82, 2.24) is 9.97 Å². The average molecular weight is 260 g/mol. The minimum Gasteiger partial charge on any atom is -0.339 e. The van der Waals surface area contributed by atoms with E-state index >= 15 is 0 Å². The molecule has 20 heavy (non-hydrogen) atoms. The Morgan fingerprint density at radius 1 is 1.10 bits per heavy atom. The van der Waals surface area contributed by atoms with Crippen LogP contribution in [-0.2, 0) is 0 Å². The molecule has 1 N–H and O–H groups in total. The van der Waals surface area contributed by atoms with Gasteiger partial charge in [0.15, 0.2) is 0 Å². The topological polar surface area (TPSA) is 61.6 Å². The van der Waals surface area contributed by atoms with Gasteiger partial charge < -0.3 is 5.32 Å². The minimum absolute atomic E-state index is 0.568. The van der Waals surface area contributed by atoms with Crippen molar-refractivity contribution in [2.45, 2.75) is 6.92 Å². The predicted octanol–water partition coefficient (Wildman–Crippen LogP) is 3.55. The standard InChI is InChI=1S/C16H12N4/c1-11-6-8-19-16(14(11)10-17)20-13-4-5-15-12(9-13)3-2-7-18-15/h2-9H,1H3,(H,19,20). The number of anilines is 2. The monoisotopic (exact) mass is 260 g/mol. The van der Waals surface area contributed by atoms with E-state index in [1.165, 1.54) is 0 Å². The van der Waals surface area contributed by atoms with Gasteiger partial charge >= 0.3 is 0 Å². The molecule has 0 fully saturated rings. The van der Waals surface area contributed by atoms with Crippen LogP contribution in [0.25, 0.3) is 10.9 Å². The van der Waals surface area contributed by atoms with Crippen molar-refractivity contribution in [3.63, 3.8) is 0 Å². The Balaban J connectivity index is 2.02. The Hall–Kier alpha value is -2.93. The summed E-state index contributed by atoms with van der Waals surface area (Å²) < 4.78 is 0. The third-order valence-corrected chi connectivity index (χ3v) is 3.14. The lowest BCUT2D eigenvalue weighted by Gasteiger charge is -2.09. The van der Waals surface area contributed by atoms with Gasteiger partial charge in [-0.25, -0.2) is 4.98 Å². The molecule has 0 spiro atoms. The molecule has 0 amide bonds. The third kappa shape index (κ3) is 2.17. The van der Waals surface area contributed by atoms with E-state index in [2.05, 4.69) is 21.4 Å². The smallest absolute Gasteiger partial charge is 0.148 e.